The number of carboxylic acid groups (broad SMARTS) is 3. The van der Waals surface area contributed by atoms with Crippen LogP contribution in [-0.4, -0.2) is 38.8 Å². The van der Waals surface area contributed by atoms with Gasteiger partial charge in [0, 0.05) is 29.5 Å². The summed E-state index contributed by atoms with van der Waals surface area (Å²) in [4.78, 5) is 30.3. The average Bonchev–Trinajstić information content (AvgIpc) is 1.82. The summed E-state index contributed by atoms with van der Waals surface area (Å²) in [6.07, 6.45) is -2.44. The van der Waals surface area contributed by atoms with Crippen molar-refractivity contribution in [2.75, 3.05) is 0 Å². The number of carboxylic acids is 3. The van der Waals surface area contributed by atoms with E-state index in [0.29, 0.717) is 0 Å². The molecule has 0 aliphatic carbocycles. The van der Waals surface area contributed by atoms with Gasteiger partial charge in [-0.05, 0) is 0 Å². The van der Waals surface area contributed by atoms with Gasteiger partial charge in [0.2, 0.25) is 0 Å². The van der Waals surface area contributed by atoms with Crippen molar-refractivity contribution in [3.63, 3.8) is 0 Å². The Hall–Kier alpha value is -1.15. The quantitative estimate of drug-likeness (QED) is 0.411. The van der Waals surface area contributed by atoms with Crippen LogP contribution in [0.1, 0.15) is 12.8 Å². The maximum atomic E-state index is 10.3. The molecular weight excluding hydrogens is 262 g/mol. The normalized spacial score (nSPS) is 12.6. The number of aliphatic hydroxyl groups is 1. The van der Waals surface area contributed by atoms with Crippen LogP contribution in [0.3, 0.4) is 0 Å². The van der Waals surface area contributed by atoms with E-state index in [2.05, 4.69) is 0 Å². The summed E-state index contributed by atoms with van der Waals surface area (Å²) in [5, 5.41) is 35.5. The standard InChI is InChI=1S/C6H8O7.Cu.H3N/c7-3(8)1-6(13,5(11)12)2-4(9)10;;/h13H,1-2H2,(H,7,8)(H,9,10)(H,11,12);;1H3. The summed E-state index contributed by atoms with van der Waals surface area (Å²) in [5.74, 6) is -5.34. The Bertz CT molecular complexity index is 238. The molecule has 7 N–H and O–H groups in total. The number of carbonyl (C=O) groups excluding carboxylic acids is 1. The van der Waals surface area contributed by atoms with Crippen LogP contribution < -0.4 is 11.3 Å². The molecule has 0 aromatic carbocycles. The summed E-state index contributed by atoms with van der Waals surface area (Å²) in [5.41, 5.74) is -2.80. The molecule has 0 saturated heterocycles. The fraction of sp³-hybridized carbons (Fsp3) is 0.500. The molecule has 0 fully saturated rings. The van der Waals surface area contributed by atoms with E-state index >= 15 is 0 Å². The molecule has 0 aromatic rings. The molecule has 0 aliphatic heterocycles. The molecule has 15 heavy (non-hydrogen) atoms. The minimum atomic E-state index is -2.80. The summed E-state index contributed by atoms with van der Waals surface area (Å²) in [7, 11) is 0. The minimum Gasteiger partial charge on any atom is -0.550 e. The topological polar surface area (TPSA) is 171 Å². The number of quaternary nitrogens is 1. The van der Waals surface area contributed by atoms with Crippen LogP contribution in [0.5, 0.6) is 0 Å². The third kappa shape index (κ3) is 6.86. The zero-order valence-electron chi connectivity index (χ0n) is 7.69. The predicted molar refractivity (Wildman–Crippen MR) is 40.4 cm³/mol. The Morgan fingerprint density at radius 3 is 1.73 bits per heavy atom. The van der Waals surface area contributed by atoms with Crippen molar-refractivity contribution in [3.8, 4) is 0 Å². The van der Waals surface area contributed by atoms with E-state index in [1.54, 1.807) is 0 Å². The molecule has 0 bridgehead atoms. The van der Waals surface area contributed by atoms with Crippen molar-refractivity contribution in [1.29, 1.82) is 0 Å². The Morgan fingerprint density at radius 1 is 1.13 bits per heavy atom. The van der Waals surface area contributed by atoms with Crippen molar-refractivity contribution < 1.29 is 51.9 Å². The molecule has 0 aromatic heterocycles. The Labute approximate surface area is 95.0 Å². The van der Waals surface area contributed by atoms with Crippen LogP contribution in [-0.2, 0) is 31.5 Å². The molecule has 1 radical (unpaired) electrons. The van der Waals surface area contributed by atoms with Gasteiger partial charge in [-0.3, -0.25) is 4.79 Å². The van der Waals surface area contributed by atoms with Crippen molar-refractivity contribution >= 4 is 17.9 Å². The zero-order chi connectivity index (χ0) is 10.6. The second-order valence-corrected chi connectivity index (χ2v) is 2.46. The zero-order valence-corrected chi connectivity index (χ0v) is 8.63. The molecule has 1 unspecified atom stereocenters. The summed E-state index contributed by atoms with van der Waals surface area (Å²) >= 11 is 0. The first-order valence-corrected chi connectivity index (χ1v) is 3.15. The first-order chi connectivity index (χ1) is 5.78. The van der Waals surface area contributed by atoms with Crippen LogP contribution in [0, 0.1) is 0 Å². The summed E-state index contributed by atoms with van der Waals surface area (Å²) in [6.45, 7) is 0. The summed E-state index contributed by atoms with van der Waals surface area (Å²) < 4.78 is 0. The Morgan fingerprint density at radius 2 is 1.53 bits per heavy atom. The van der Waals surface area contributed by atoms with Gasteiger partial charge in [-0.2, -0.15) is 0 Å². The van der Waals surface area contributed by atoms with E-state index in [4.69, 9.17) is 15.3 Å². The summed E-state index contributed by atoms with van der Waals surface area (Å²) in [6, 6.07) is 0. The molecule has 1 atom stereocenters. The van der Waals surface area contributed by atoms with Crippen LogP contribution in [0.25, 0.3) is 0 Å². The minimum absolute atomic E-state index is 0. The van der Waals surface area contributed by atoms with Gasteiger partial charge in [-0.1, -0.05) is 0 Å². The van der Waals surface area contributed by atoms with Crippen LogP contribution in [0.15, 0.2) is 0 Å². The maximum absolute atomic E-state index is 10.3. The number of hydrogen-bond donors (Lipinski definition) is 4. The molecule has 93 valence electrons. The monoisotopic (exact) mass is 272 g/mol. The van der Waals surface area contributed by atoms with E-state index in [0.717, 1.165) is 0 Å². The van der Waals surface area contributed by atoms with Gasteiger partial charge in [0.15, 0.2) is 5.60 Å². The third-order valence-electron chi connectivity index (χ3n) is 1.28. The molecule has 0 heterocycles. The first kappa shape index (κ1) is 19.4. The van der Waals surface area contributed by atoms with Crippen molar-refractivity contribution in [1.82, 2.24) is 6.15 Å². The smallest absolute Gasteiger partial charge is 0.336 e. The number of hydrogen-bond acceptors (Lipinski definition) is 5. The van der Waals surface area contributed by atoms with Gasteiger partial charge < -0.3 is 31.4 Å². The van der Waals surface area contributed by atoms with Crippen LogP contribution in [0.4, 0.5) is 0 Å². The molecule has 0 aliphatic rings. The fourth-order valence-corrected chi connectivity index (χ4v) is 0.703. The van der Waals surface area contributed by atoms with E-state index in [-0.39, 0.29) is 23.2 Å². The molecule has 8 nitrogen and oxygen atoms in total. The van der Waals surface area contributed by atoms with Gasteiger partial charge in [0.25, 0.3) is 0 Å². The van der Waals surface area contributed by atoms with E-state index < -0.39 is 36.4 Å². The Balaban J connectivity index is -0.000000720. The molecule has 0 spiro atoms. The number of carbonyl (C=O) groups is 3. The molecular formula is C6H11CuNO7. The Kier molecular flexibility index (Phi) is 9.30. The second kappa shape index (κ2) is 7.18. The van der Waals surface area contributed by atoms with E-state index in [1.165, 1.54) is 0 Å². The second-order valence-electron chi connectivity index (χ2n) is 2.46. The predicted octanol–water partition coefficient (Wildman–Crippen LogP) is -2.21. The molecule has 0 saturated carbocycles. The molecule has 0 amide bonds. The van der Waals surface area contributed by atoms with Gasteiger partial charge in [0.05, 0.1) is 6.42 Å². The van der Waals surface area contributed by atoms with Gasteiger partial charge in [0.1, 0.15) is 0 Å². The number of aliphatic carboxylic acids is 3. The van der Waals surface area contributed by atoms with Gasteiger partial charge >= 0.3 is 11.9 Å². The first-order valence-electron chi connectivity index (χ1n) is 3.15. The van der Waals surface area contributed by atoms with Crippen molar-refractivity contribution in [2.45, 2.75) is 18.4 Å². The van der Waals surface area contributed by atoms with Crippen molar-refractivity contribution in [3.05, 3.63) is 0 Å². The van der Waals surface area contributed by atoms with E-state index in [9.17, 15) is 19.5 Å². The number of rotatable bonds is 5. The van der Waals surface area contributed by atoms with Crippen LogP contribution >= 0.6 is 0 Å². The van der Waals surface area contributed by atoms with Crippen molar-refractivity contribution in [2.24, 2.45) is 0 Å². The van der Waals surface area contributed by atoms with Gasteiger partial charge in [-0.25, -0.2) is 4.79 Å². The SMILES string of the molecule is O=C([O-])CC(O)(CC(=O)O)C(=O)O.[Cu].[NH4+]. The molecule has 9 heteroatoms. The van der Waals surface area contributed by atoms with Crippen LogP contribution in [0.2, 0.25) is 0 Å². The maximum Gasteiger partial charge on any atom is 0.336 e. The average molecular weight is 273 g/mol. The fourth-order valence-electron chi connectivity index (χ4n) is 0.703. The third-order valence-corrected chi connectivity index (χ3v) is 1.28. The van der Waals surface area contributed by atoms with Gasteiger partial charge in [-0.15, -0.1) is 0 Å². The van der Waals surface area contributed by atoms with E-state index in [1.807, 2.05) is 0 Å². The molecule has 0 rings (SSSR count). The largest absolute Gasteiger partial charge is 0.550 e.